The summed E-state index contributed by atoms with van der Waals surface area (Å²) in [6, 6.07) is -1.73. The minimum atomic E-state index is -5.08. The minimum absolute atomic E-state index is 0. The van der Waals surface area contributed by atoms with Crippen LogP contribution in [0.2, 0.25) is 5.02 Å². The number of benzene rings is 1. The van der Waals surface area contributed by atoms with Crippen LogP contribution in [0.3, 0.4) is 0 Å². The van der Waals surface area contributed by atoms with Gasteiger partial charge < -0.3 is 10.8 Å². The van der Waals surface area contributed by atoms with Crippen LogP contribution in [0.1, 0.15) is 17.2 Å². The summed E-state index contributed by atoms with van der Waals surface area (Å²) in [5, 5.41) is 7.64. The summed E-state index contributed by atoms with van der Waals surface area (Å²) in [4.78, 5) is 0. The molecule has 0 unspecified atom stereocenters. The molecule has 0 saturated carbocycles. The lowest BCUT2D eigenvalue weighted by molar-refractivity contribution is -0.140. The Morgan fingerprint density at radius 3 is 2.10 bits per heavy atom. The van der Waals surface area contributed by atoms with Crippen LogP contribution in [0.4, 0.5) is 26.3 Å². The number of alkyl halides is 5. The van der Waals surface area contributed by atoms with E-state index in [1.165, 1.54) is 0 Å². The fourth-order valence-corrected chi connectivity index (χ4v) is 1.59. The summed E-state index contributed by atoms with van der Waals surface area (Å²) in [5.41, 5.74) is 1.81. The Morgan fingerprint density at radius 1 is 1.20 bits per heavy atom. The molecule has 0 spiro atoms. The Labute approximate surface area is 120 Å². The third kappa shape index (κ3) is 3.69. The van der Waals surface area contributed by atoms with Gasteiger partial charge in [0.25, 0.3) is 5.92 Å². The van der Waals surface area contributed by atoms with E-state index >= 15 is 0 Å². The molecule has 0 amide bonds. The second-order valence-electron chi connectivity index (χ2n) is 3.72. The van der Waals surface area contributed by atoms with E-state index in [4.69, 9.17) is 22.4 Å². The summed E-state index contributed by atoms with van der Waals surface area (Å²) < 4.78 is 77.8. The van der Waals surface area contributed by atoms with Gasteiger partial charge in [0.05, 0.1) is 10.6 Å². The first-order chi connectivity index (χ1) is 8.52. The van der Waals surface area contributed by atoms with Gasteiger partial charge in [-0.25, -0.2) is 13.2 Å². The number of nitrogens with two attached hydrogens (primary N) is 1. The molecule has 1 aromatic rings. The number of aliphatic hydroxyl groups excluding tert-OH is 1. The molecule has 0 fully saturated rings. The number of halogens is 8. The third-order valence-corrected chi connectivity index (χ3v) is 2.71. The largest absolute Gasteiger partial charge is 0.416 e. The maximum Gasteiger partial charge on any atom is 0.416 e. The molecule has 0 aliphatic rings. The van der Waals surface area contributed by atoms with Gasteiger partial charge in [-0.05, 0) is 12.1 Å². The van der Waals surface area contributed by atoms with Crippen molar-refractivity contribution in [2.75, 3.05) is 6.61 Å². The molecule has 10 heteroatoms. The maximum absolute atomic E-state index is 13.6. The molecule has 1 aromatic carbocycles. The summed E-state index contributed by atoms with van der Waals surface area (Å²) in [6.07, 6.45) is -5.08. The summed E-state index contributed by atoms with van der Waals surface area (Å²) in [7, 11) is 0. The SMILES string of the molecule is Cl.N[C@@H](c1c(C(F)(F)F)ccc(Cl)c1F)C(F)(F)CO. The summed E-state index contributed by atoms with van der Waals surface area (Å²) >= 11 is 5.27. The molecule has 2 nitrogen and oxygen atoms in total. The fourth-order valence-electron chi connectivity index (χ4n) is 1.43. The smallest absolute Gasteiger partial charge is 0.390 e. The van der Waals surface area contributed by atoms with Gasteiger partial charge in [-0.15, -0.1) is 12.4 Å². The van der Waals surface area contributed by atoms with Gasteiger partial charge in [-0.3, -0.25) is 0 Å². The van der Waals surface area contributed by atoms with Crippen molar-refractivity contribution in [2.24, 2.45) is 5.73 Å². The predicted molar refractivity (Wildman–Crippen MR) is 62.6 cm³/mol. The fraction of sp³-hybridized carbons (Fsp3) is 0.400. The highest BCUT2D eigenvalue weighted by Gasteiger charge is 2.45. The van der Waals surface area contributed by atoms with Crippen molar-refractivity contribution in [3.05, 3.63) is 34.1 Å². The molecule has 3 N–H and O–H groups in total. The molecule has 1 atom stereocenters. The van der Waals surface area contributed by atoms with E-state index in [-0.39, 0.29) is 12.4 Å². The lowest BCUT2D eigenvalue weighted by atomic mass is 9.95. The number of hydrogen-bond acceptors (Lipinski definition) is 2. The van der Waals surface area contributed by atoms with Crippen LogP contribution in [0.5, 0.6) is 0 Å². The Kier molecular flexibility index (Phi) is 6.16. The van der Waals surface area contributed by atoms with Crippen LogP contribution in [0.25, 0.3) is 0 Å². The van der Waals surface area contributed by atoms with Crippen LogP contribution >= 0.6 is 24.0 Å². The topological polar surface area (TPSA) is 46.2 Å². The monoisotopic (exact) mass is 343 g/mol. The second kappa shape index (κ2) is 6.38. The molecule has 20 heavy (non-hydrogen) atoms. The number of rotatable bonds is 3. The van der Waals surface area contributed by atoms with Crippen LogP contribution in [-0.4, -0.2) is 17.6 Å². The van der Waals surface area contributed by atoms with Gasteiger partial charge in [0.2, 0.25) is 0 Å². The highest BCUT2D eigenvalue weighted by Crippen LogP contribution is 2.41. The Hall–Kier alpha value is -0.700. The van der Waals surface area contributed by atoms with Gasteiger partial charge in [0.1, 0.15) is 18.5 Å². The first kappa shape index (κ1) is 19.3. The van der Waals surface area contributed by atoms with Gasteiger partial charge in [-0.1, -0.05) is 11.6 Å². The van der Waals surface area contributed by atoms with Crippen molar-refractivity contribution in [3.63, 3.8) is 0 Å². The molecule has 0 saturated heterocycles. The van der Waals surface area contributed by atoms with Crippen molar-refractivity contribution in [3.8, 4) is 0 Å². The normalized spacial score (nSPS) is 13.8. The third-order valence-electron chi connectivity index (χ3n) is 2.41. The first-order valence-corrected chi connectivity index (χ1v) is 5.19. The average molecular weight is 344 g/mol. The molecule has 0 radical (unpaired) electrons. The van der Waals surface area contributed by atoms with E-state index < -0.39 is 46.7 Å². The van der Waals surface area contributed by atoms with Gasteiger partial charge in [0, 0.05) is 5.56 Å². The molecular formula is C10H9Cl2F6NO. The molecule has 116 valence electrons. The van der Waals surface area contributed by atoms with Gasteiger partial charge in [0.15, 0.2) is 0 Å². The zero-order valence-corrected chi connectivity index (χ0v) is 11.1. The number of hydrogen-bond donors (Lipinski definition) is 2. The zero-order valence-electron chi connectivity index (χ0n) is 9.52. The summed E-state index contributed by atoms with van der Waals surface area (Å²) in [5.74, 6) is -5.80. The Balaban J connectivity index is 0.00000361. The van der Waals surface area contributed by atoms with Gasteiger partial charge in [-0.2, -0.15) is 13.2 Å². The highest BCUT2D eigenvalue weighted by atomic mass is 35.5. The lowest BCUT2D eigenvalue weighted by Crippen LogP contribution is -2.38. The van der Waals surface area contributed by atoms with E-state index in [2.05, 4.69) is 0 Å². The molecular weight excluding hydrogens is 335 g/mol. The van der Waals surface area contributed by atoms with Crippen molar-refractivity contribution < 1.29 is 31.4 Å². The maximum atomic E-state index is 13.6. The first-order valence-electron chi connectivity index (χ1n) is 4.81. The highest BCUT2D eigenvalue weighted by molar-refractivity contribution is 6.30. The summed E-state index contributed by atoms with van der Waals surface area (Å²) in [6.45, 7) is -1.82. The van der Waals surface area contributed by atoms with E-state index in [0.717, 1.165) is 0 Å². The minimum Gasteiger partial charge on any atom is -0.390 e. The van der Waals surface area contributed by atoms with E-state index in [1.807, 2.05) is 0 Å². The van der Waals surface area contributed by atoms with Crippen molar-refractivity contribution in [1.29, 1.82) is 0 Å². The van der Waals surface area contributed by atoms with E-state index in [1.54, 1.807) is 0 Å². The van der Waals surface area contributed by atoms with Crippen LogP contribution < -0.4 is 5.73 Å². The second-order valence-corrected chi connectivity index (χ2v) is 4.12. The van der Waals surface area contributed by atoms with Crippen molar-refractivity contribution in [2.45, 2.75) is 18.1 Å². The lowest BCUT2D eigenvalue weighted by Gasteiger charge is -2.25. The van der Waals surface area contributed by atoms with E-state index in [0.29, 0.717) is 12.1 Å². The average Bonchev–Trinajstić information content (AvgIpc) is 2.30. The molecule has 0 bridgehead atoms. The quantitative estimate of drug-likeness (QED) is 0.824. The molecule has 1 rings (SSSR count). The zero-order chi connectivity index (χ0) is 15.0. The number of aliphatic hydroxyl groups is 1. The Bertz CT molecular complexity index is 480. The molecule has 0 heterocycles. The Morgan fingerprint density at radius 2 is 1.70 bits per heavy atom. The van der Waals surface area contributed by atoms with Crippen LogP contribution in [-0.2, 0) is 6.18 Å². The standard InChI is InChI=1S/C10H8ClF6NO.ClH/c11-5-2-1-4(10(15,16)17)6(7(5)12)8(18)9(13,14)3-19;/h1-2,8,19H,3,18H2;1H/t8-;/m0./s1. The van der Waals surface area contributed by atoms with E-state index in [9.17, 15) is 26.3 Å². The van der Waals surface area contributed by atoms with Crippen molar-refractivity contribution >= 4 is 24.0 Å². The van der Waals surface area contributed by atoms with Crippen LogP contribution in [0.15, 0.2) is 12.1 Å². The van der Waals surface area contributed by atoms with Gasteiger partial charge >= 0.3 is 6.18 Å². The van der Waals surface area contributed by atoms with Crippen LogP contribution in [0, 0.1) is 5.82 Å². The molecule has 0 aliphatic heterocycles. The molecule has 0 aliphatic carbocycles. The van der Waals surface area contributed by atoms with Crippen molar-refractivity contribution in [1.82, 2.24) is 0 Å². The predicted octanol–water partition coefficient (Wildman–Crippen LogP) is 3.55. The molecule has 0 aromatic heterocycles.